The molecule has 5 nitrogen and oxygen atoms in total. The van der Waals surface area contributed by atoms with Crippen molar-refractivity contribution in [3.63, 3.8) is 0 Å². The van der Waals surface area contributed by atoms with Crippen molar-refractivity contribution in [1.29, 1.82) is 0 Å². The monoisotopic (exact) mass is 427 g/mol. The Morgan fingerprint density at radius 2 is 2.11 bits per heavy atom. The number of ether oxygens (including phenoxy) is 1. The number of nitrogens with one attached hydrogen (secondary N) is 1. The Hall–Kier alpha value is -2.54. The minimum Gasteiger partial charge on any atom is -0.481 e. The number of nitrogens with zero attached hydrogens (tertiary/aromatic N) is 2. The molecule has 136 valence electrons. The predicted molar refractivity (Wildman–Crippen MR) is 102 cm³/mol. The lowest BCUT2D eigenvalue weighted by Gasteiger charge is -2.44. The molecular formula is C20H15BrFN3O2. The summed E-state index contributed by atoms with van der Waals surface area (Å²) in [5.74, 6) is 0.436. The minimum atomic E-state index is -0.602. The fourth-order valence-corrected chi connectivity index (χ4v) is 4.69. The van der Waals surface area contributed by atoms with E-state index < -0.39 is 5.41 Å². The Kier molecular flexibility index (Phi) is 3.53. The fourth-order valence-electron chi connectivity index (χ4n) is 4.35. The van der Waals surface area contributed by atoms with Gasteiger partial charge in [0.2, 0.25) is 11.8 Å². The van der Waals surface area contributed by atoms with Crippen LogP contribution in [0.25, 0.3) is 10.9 Å². The smallest absolute Gasteiger partial charge is 0.235 e. The number of anilines is 1. The van der Waals surface area contributed by atoms with E-state index in [0.717, 1.165) is 22.2 Å². The van der Waals surface area contributed by atoms with Crippen LogP contribution < -0.4 is 10.1 Å². The minimum absolute atomic E-state index is 0.00971. The first-order valence-corrected chi connectivity index (χ1v) is 9.41. The summed E-state index contributed by atoms with van der Waals surface area (Å²) in [6.45, 7) is 0. The van der Waals surface area contributed by atoms with E-state index in [-0.39, 0.29) is 17.6 Å². The summed E-state index contributed by atoms with van der Waals surface area (Å²) in [6.07, 6.45) is 4.72. The van der Waals surface area contributed by atoms with Gasteiger partial charge < -0.3 is 10.1 Å². The molecule has 3 aromatic rings. The summed E-state index contributed by atoms with van der Waals surface area (Å²) in [4.78, 5) is 21.3. The third-order valence-corrected chi connectivity index (χ3v) is 6.31. The lowest BCUT2D eigenvalue weighted by Crippen LogP contribution is -2.45. The normalized spacial score (nSPS) is 23.2. The maximum Gasteiger partial charge on any atom is 0.235 e. The molecule has 0 bridgehead atoms. The standard InChI is InChI=1S/C20H15BrFN3O2/c1-27-17-4-10(2-3-23-17)11-7-20(8-11)18-12-5-13(21)14(22)6-15(12)24-9-16(18)25-19(20)26/h2-6,9,11H,7-8H2,1H3,(H,25,26)/t11-,20-. The van der Waals surface area contributed by atoms with Crippen molar-refractivity contribution in [1.82, 2.24) is 9.97 Å². The zero-order valence-corrected chi connectivity index (χ0v) is 16.0. The van der Waals surface area contributed by atoms with E-state index in [9.17, 15) is 9.18 Å². The molecule has 1 spiro atoms. The van der Waals surface area contributed by atoms with Crippen LogP contribution >= 0.6 is 15.9 Å². The molecule has 1 aromatic carbocycles. The number of rotatable bonds is 2. The zero-order valence-electron chi connectivity index (χ0n) is 14.4. The second-order valence-corrected chi connectivity index (χ2v) is 7.96. The Balaban J connectivity index is 1.59. The highest BCUT2D eigenvalue weighted by molar-refractivity contribution is 9.10. The summed E-state index contributed by atoms with van der Waals surface area (Å²) in [7, 11) is 1.59. The number of amides is 1. The molecule has 0 saturated heterocycles. The van der Waals surface area contributed by atoms with E-state index in [0.29, 0.717) is 28.7 Å². The van der Waals surface area contributed by atoms with E-state index in [1.165, 1.54) is 6.07 Å². The molecule has 7 heteroatoms. The van der Waals surface area contributed by atoms with Gasteiger partial charge in [0.1, 0.15) is 5.82 Å². The molecule has 1 N–H and O–H groups in total. The van der Waals surface area contributed by atoms with Crippen molar-refractivity contribution in [2.45, 2.75) is 24.2 Å². The van der Waals surface area contributed by atoms with Crippen LogP contribution in [0.3, 0.4) is 0 Å². The lowest BCUT2D eigenvalue weighted by molar-refractivity contribution is -0.124. The number of fused-ring (bicyclic) bond motifs is 4. The van der Waals surface area contributed by atoms with Crippen LogP contribution in [-0.2, 0) is 10.2 Å². The molecule has 0 radical (unpaired) electrons. The highest BCUT2D eigenvalue weighted by Crippen LogP contribution is 2.59. The SMILES string of the molecule is COc1cc([C@H]2C[C@@]3(C2)C(=O)Nc2cnc4cc(F)c(Br)cc4c23)ccn1. The number of halogens is 2. The first-order chi connectivity index (χ1) is 13.0. The molecular weight excluding hydrogens is 413 g/mol. The second-order valence-electron chi connectivity index (χ2n) is 7.10. The van der Waals surface area contributed by atoms with E-state index in [1.54, 1.807) is 25.6 Å². The number of hydrogen-bond acceptors (Lipinski definition) is 4. The number of benzene rings is 1. The van der Waals surface area contributed by atoms with E-state index >= 15 is 0 Å². The van der Waals surface area contributed by atoms with E-state index in [2.05, 4.69) is 31.2 Å². The molecule has 1 saturated carbocycles. The van der Waals surface area contributed by atoms with Crippen LogP contribution in [0.5, 0.6) is 5.88 Å². The third kappa shape index (κ3) is 2.31. The Morgan fingerprint density at radius 3 is 2.89 bits per heavy atom. The number of carbonyl (C=O) groups is 1. The topological polar surface area (TPSA) is 64.1 Å². The molecule has 0 atom stereocenters. The van der Waals surface area contributed by atoms with Gasteiger partial charge in [0.15, 0.2) is 0 Å². The van der Waals surface area contributed by atoms with Crippen molar-refractivity contribution in [2.24, 2.45) is 0 Å². The van der Waals surface area contributed by atoms with Gasteiger partial charge in [0.05, 0.1) is 34.4 Å². The Bertz CT molecular complexity index is 1110. The molecule has 2 aliphatic rings. The van der Waals surface area contributed by atoms with Gasteiger partial charge in [-0.05, 0) is 52.4 Å². The first-order valence-electron chi connectivity index (χ1n) is 8.61. The van der Waals surface area contributed by atoms with Crippen LogP contribution in [0.4, 0.5) is 10.1 Å². The van der Waals surface area contributed by atoms with Crippen LogP contribution in [0, 0.1) is 5.82 Å². The highest BCUT2D eigenvalue weighted by Gasteiger charge is 2.56. The molecule has 1 amide bonds. The summed E-state index contributed by atoms with van der Waals surface area (Å²) in [5.41, 5.74) is 2.71. The molecule has 2 aromatic heterocycles. The van der Waals surface area contributed by atoms with Crippen molar-refractivity contribution in [2.75, 3.05) is 12.4 Å². The molecule has 3 heterocycles. The van der Waals surface area contributed by atoms with Crippen LogP contribution in [0.2, 0.25) is 0 Å². The van der Waals surface area contributed by atoms with Crippen LogP contribution in [0.15, 0.2) is 41.1 Å². The van der Waals surface area contributed by atoms with Gasteiger partial charge in [-0.1, -0.05) is 0 Å². The lowest BCUT2D eigenvalue weighted by atomic mass is 9.57. The maximum atomic E-state index is 13.9. The van der Waals surface area contributed by atoms with E-state index in [1.807, 2.05) is 12.1 Å². The number of aromatic nitrogens is 2. The molecule has 27 heavy (non-hydrogen) atoms. The van der Waals surface area contributed by atoms with Crippen LogP contribution in [-0.4, -0.2) is 23.0 Å². The molecule has 1 aliphatic carbocycles. The largest absolute Gasteiger partial charge is 0.481 e. The van der Waals surface area contributed by atoms with Gasteiger partial charge in [-0.25, -0.2) is 9.37 Å². The van der Waals surface area contributed by atoms with Crippen molar-refractivity contribution in [3.05, 3.63) is 58.1 Å². The predicted octanol–water partition coefficient (Wildman–Crippen LogP) is 4.31. The first kappa shape index (κ1) is 16.6. The number of pyridine rings is 2. The third-order valence-electron chi connectivity index (χ3n) is 5.70. The summed E-state index contributed by atoms with van der Waals surface area (Å²) in [5, 5.41) is 3.77. The van der Waals surface area contributed by atoms with Crippen LogP contribution in [0.1, 0.15) is 29.9 Å². The van der Waals surface area contributed by atoms with Gasteiger partial charge in [-0.2, -0.15) is 0 Å². The van der Waals surface area contributed by atoms with Gasteiger partial charge >= 0.3 is 0 Å². The van der Waals surface area contributed by atoms with Crippen molar-refractivity contribution >= 4 is 38.4 Å². The van der Waals surface area contributed by atoms with Crippen molar-refractivity contribution < 1.29 is 13.9 Å². The Morgan fingerprint density at radius 1 is 1.30 bits per heavy atom. The highest BCUT2D eigenvalue weighted by atomic mass is 79.9. The zero-order chi connectivity index (χ0) is 18.8. The number of hydrogen-bond donors (Lipinski definition) is 1. The van der Waals surface area contributed by atoms with Gasteiger partial charge in [-0.15, -0.1) is 0 Å². The summed E-state index contributed by atoms with van der Waals surface area (Å²) < 4.78 is 19.5. The summed E-state index contributed by atoms with van der Waals surface area (Å²) in [6, 6.07) is 7.01. The second kappa shape index (κ2) is 5.73. The van der Waals surface area contributed by atoms with Gasteiger partial charge in [0, 0.05) is 29.3 Å². The molecule has 1 aliphatic heterocycles. The maximum absolute atomic E-state index is 13.9. The summed E-state index contributed by atoms with van der Waals surface area (Å²) >= 11 is 3.25. The number of carbonyl (C=O) groups excluding carboxylic acids is 1. The van der Waals surface area contributed by atoms with E-state index in [4.69, 9.17) is 4.74 Å². The average Bonchev–Trinajstić information content (AvgIpc) is 2.94. The molecule has 1 fully saturated rings. The van der Waals surface area contributed by atoms with Gasteiger partial charge in [-0.3, -0.25) is 9.78 Å². The quantitative estimate of drug-likeness (QED) is 0.661. The van der Waals surface area contributed by atoms with Gasteiger partial charge in [0.25, 0.3) is 0 Å². The molecule has 5 rings (SSSR count). The molecule has 0 unspecified atom stereocenters. The fraction of sp³-hybridized carbons (Fsp3) is 0.250. The average molecular weight is 428 g/mol. The number of methoxy groups -OCH3 is 1. The van der Waals surface area contributed by atoms with Crippen molar-refractivity contribution in [3.8, 4) is 5.88 Å². The Labute approximate surface area is 163 Å².